The van der Waals surface area contributed by atoms with Crippen molar-refractivity contribution in [3.8, 4) is 22.1 Å². The van der Waals surface area contributed by atoms with Crippen molar-refractivity contribution in [3.63, 3.8) is 0 Å². The summed E-state index contributed by atoms with van der Waals surface area (Å²) in [4.78, 5) is 21.2. The highest BCUT2D eigenvalue weighted by molar-refractivity contribution is 7.13. The second-order valence-electron chi connectivity index (χ2n) is 5.25. The van der Waals surface area contributed by atoms with Gasteiger partial charge in [0.2, 0.25) is 0 Å². The third-order valence-electron chi connectivity index (χ3n) is 3.79. The van der Waals surface area contributed by atoms with Crippen LogP contribution in [0.1, 0.15) is 16.1 Å². The topological polar surface area (TPSA) is 76.2 Å². The monoisotopic (exact) mass is 357 g/mol. The number of rotatable bonds is 7. The minimum atomic E-state index is -0.230. The predicted octanol–water partition coefficient (Wildman–Crippen LogP) is 3.13. The number of thiophene rings is 1. The van der Waals surface area contributed by atoms with Gasteiger partial charge in [-0.05, 0) is 23.6 Å². The minimum absolute atomic E-state index is 0.230. The maximum Gasteiger partial charge on any atom is 0.258 e. The number of ether oxygens (including phenoxy) is 2. The summed E-state index contributed by atoms with van der Waals surface area (Å²) in [6.45, 7) is 0.473. The lowest BCUT2D eigenvalue weighted by Gasteiger charge is -2.13. The van der Waals surface area contributed by atoms with E-state index >= 15 is 0 Å². The highest BCUT2D eigenvalue weighted by Crippen LogP contribution is 2.28. The number of aromatic amines is 1. The van der Waals surface area contributed by atoms with Gasteiger partial charge in [0.1, 0.15) is 22.8 Å². The van der Waals surface area contributed by atoms with Gasteiger partial charge >= 0.3 is 0 Å². The zero-order valence-corrected chi connectivity index (χ0v) is 14.9. The number of amides is 1. The highest BCUT2D eigenvalue weighted by Gasteiger charge is 2.18. The summed E-state index contributed by atoms with van der Waals surface area (Å²) in [5.74, 6) is 0.738. The van der Waals surface area contributed by atoms with Crippen molar-refractivity contribution in [1.29, 1.82) is 0 Å². The second-order valence-corrected chi connectivity index (χ2v) is 6.20. The number of nitrogens with one attached hydrogen (secondary N) is 2. The maximum atomic E-state index is 12.6. The molecule has 25 heavy (non-hydrogen) atoms. The van der Waals surface area contributed by atoms with E-state index < -0.39 is 0 Å². The Hall–Kier alpha value is -2.80. The van der Waals surface area contributed by atoms with Gasteiger partial charge in [0.15, 0.2) is 0 Å². The number of carbonyl (C=O) groups excluding carboxylic acids is 1. The molecule has 0 saturated carbocycles. The Balaban J connectivity index is 1.68. The molecule has 0 atom stereocenters. The molecule has 1 aromatic carbocycles. The highest BCUT2D eigenvalue weighted by atomic mass is 32.1. The normalized spacial score (nSPS) is 10.5. The summed E-state index contributed by atoms with van der Waals surface area (Å²) < 4.78 is 10.5. The molecule has 0 unspecified atom stereocenters. The van der Waals surface area contributed by atoms with Crippen molar-refractivity contribution in [2.45, 2.75) is 6.42 Å². The molecule has 0 aliphatic carbocycles. The zero-order chi connectivity index (χ0) is 17.6. The average Bonchev–Trinajstić information content (AvgIpc) is 3.32. The largest absolute Gasteiger partial charge is 0.496 e. The summed E-state index contributed by atoms with van der Waals surface area (Å²) in [7, 11) is 3.06. The standard InChI is InChI=1S/C18H19N3O3S/c1-23-13-5-3-6-14(24-2)16(13)18(22)19-9-8-12-17(21-11-20-12)15-7-4-10-25-15/h3-7,10-11H,8-9H2,1-2H3,(H,19,22)(H,20,21). The van der Waals surface area contributed by atoms with E-state index in [4.69, 9.17) is 9.47 Å². The molecule has 0 aliphatic rings. The molecule has 0 bridgehead atoms. The van der Waals surface area contributed by atoms with Crippen LogP contribution in [0.4, 0.5) is 0 Å². The molecule has 2 heterocycles. The van der Waals surface area contributed by atoms with Gasteiger partial charge < -0.3 is 19.8 Å². The Morgan fingerprint density at radius 1 is 1.20 bits per heavy atom. The molecule has 130 valence electrons. The first kappa shape index (κ1) is 17.0. The molecule has 3 aromatic rings. The van der Waals surface area contributed by atoms with Crippen molar-refractivity contribution >= 4 is 17.2 Å². The molecule has 3 rings (SSSR count). The number of nitrogens with zero attached hydrogens (tertiary/aromatic N) is 1. The smallest absolute Gasteiger partial charge is 0.258 e. The molecule has 0 aliphatic heterocycles. The Bertz CT molecular complexity index is 821. The van der Waals surface area contributed by atoms with E-state index in [1.54, 1.807) is 35.9 Å². The van der Waals surface area contributed by atoms with E-state index in [-0.39, 0.29) is 5.91 Å². The van der Waals surface area contributed by atoms with Crippen LogP contribution >= 0.6 is 11.3 Å². The van der Waals surface area contributed by atoms with E-state index in [9.17, 15) is 4.79 Å². The van der Waals surface area contributed by atoms with Crippen LogP contribution in [0.5, 0.6) is 11.5 Å². The van der Waals surface area contributed by atoms with Crippen LogP contribution in [0.2, 0.25) is 0 Å². The lowest BCUT2D eigenvalue weighted by Crippen LogP contribution is -2.26. The van der Waals surface area contributed by atoms with Gasteiger partial charge in [-0.25, -0.2) is 4.98 Å². The molecule has 0 saturated heterocycles. The third kappa shape index (κ3) is 3.66. The average molecular weight is 357 g/mol. The first-order valence-electron chi connectivity index (χ1n) is 7.80. The number of benzene rings is 1. The van der Waals surface area contributed by atoms with Crippen LogP contribution in [0, 0.1) is 0 Å². The quantitative estimate of drug-likeness (QED) is 0.681. The fourth-order valence-electron chi connectivity index (χ4n) is 2.60. The molecule has 0 fully saturated rings. The minimum Gasteiger partial charge on any atom is -0.496 e. The lowest BCUT2D eigenvalue weighted by molar-refractivity contribution is 0.0948. The first-order valence-corrected chi connectivity index (χ1v) is 8.68. The number of aromatic nitrogens is 2. The molecule has 0 spiro atoms. The number of H-pyrrole nitrogens is 1. The number of hydrogen-bond acceptors (Lipinski definition) is 5. The van der Waals surface area contributed by atoms with Gasteiger partial charge in [-0.2, -0.15) is 0 Å². The van der Waals surface area contributed by atoms with Crippen LogP contribution < -0.4 is 14.8 Å². The first-order chi connectivity index (χ1) is 12.2. The fourth-order valence-corrected chi connectivity index (χ4v) is 3.35. The fraction of sp³-hybridized carbons (Fsp3) is 0.222. The van der Waals surface area contributed by atoms with Crippen molar-refractivity contribution in [2.24, 2.45) is 0 Å². The second kappa shape index (κ2) is 7.85. The Morgan fingerprint density at radius 3 is 2.60 bits per heavy atom. The summed E-state index contributed by atoms with van der Waals surface area (Å²) in [5.41, 5.74) is 2.32. The molecular formula is C18H19N3O3S. The number of methoxy groups -OCH3 is 2. The lowest BCUT2D eigenvalue weighted by atomic mass is 10.1. The van der Waals surface area contributed by atoms with E-state index in [2.05, 4.69) is 15.3 Å². The summed E-state index contributed by atoms with van der Waals surface area (Å²) in [5, 5.41) is 4.93. The van der Waals surface area contributed by atoms with Gasteiger partial charge in [0.05, 0.1) is 25.4 Å². The van der Waals surface area contributed by atoms with Crippen molar-refractivity contribution < 1.29 is 14.3 Å². The van der Waals surface area contributed by atoms with Gasteiger partial charge in [0, 0.05) is 18.7 Å². The maximum absolute atomic E-state index is 12.6. The molecule has 7 heteroatoms. The number of imidazole rings is 1. The van der Waals surface area contributed by atoms with Crippen LogP contribution in [-0.2, 0) is 6.42 Å². The summed E-state index contributed by atoms with van der Waals surface area (Å²) >= 11 is 1.64. The van der Waals surface area contributed by atoms with E-state index in [1.165, 1.54) is 14.2 Å². The van der Waals surface area contributed by atoms with Gasteiger partial charge in [0.25, 0.3) is 5.91 Å². The van der Waals surface area contributed by atoms with Crippen molar-refractivity contribution in [2.75, 3.05) is 20.8 Å². The Morgan fingerprint density at radius 2 is 1.96 bits per heavy atom. The van der Waals surface area contributed by atoms with Gasteiger partial charge in [-0.3, -0.25) is 4.79 Å². The van der Waals surface area contributed by atoms with Crippen LogP contribution in [0.3, 0.4) is 0 Å². The van der Waals surface area contributed by atoms with E-state index in [0.29, 0.717) is 30.0 Å². The number of hydrogen-bond donors (Lipinski definition) is 2. The van der Waals surface area contributed by atoms with Gasteiger partial charge in [-0.1, -0.05) is 12.1 Å². The molecule has 2 aromatic heterocycles. The summed E-state index contributed by atoms with van der Waals surface area (Å²) in [6.07, 6.45) is 2.33. The number of carbonyl (C=O) groups is 1. The molecule has 6 nitrogen and oxygen atoms in total. The SMILES string of the molecule is COc1cccc(OC)c1C(=O)NCCc1[nH]cnc1-c1cccs1. The molecule has 2 N–H and O–H groups in total. The van der Waals surface area contributed by atoms with Crippen molar-refractivity contribution in [3.05, 3.63) is 53.3 Å². The predicted molar refractivity (Wildman–Crippen MR) is 97.5 cm³/mol. The molecule has 1 amide bonds. The van der Waals surface area contributed by atoms with Crippen molar-refractivity contribution in [1.82, 2.24) is 15.3 Å². The molecule has 0 radical (unpaired) electrons. The van der Waals surface area contributed by atoms with Gasteiger partial charge in [-0.15, -0.1) is 11.3 Å². The van der Waals surface area contributed by atoms with E-state index in [1.807, 2.05) is 17.5 Å². The Labute approximate surface area is 149 Å². The summed E-state index contributed by atoms with van der Waals surface area (Å²) in [6, 6.07) is 9.28. The third-order valence-corrected chi connectivity index (χ3v) is 4.66. The van der Waals surface area contributed by atoms with Crippen LogP contribution in [0.25, 0.3) is 10.6 Å². The van der Waals surface area contributed by atoms with Crippen LogP contribution in [-0.4, -0.2) is 36.6 Å². The molecular weight excluding hydrogens is 338 g/mol. The van der Waals surface area contributed by atoms with Crippen LogP contribution in [0.15, 0.2) is 42.0 Å². The van der Waals surface area contributed by atoms with E-state index in [0.717, 1.165) is 16.3 Å². The zero-order valence-electron chi connectivity index (χ0n) is 14.0. The Kier molecular flexibility index (Phi) is 5.35.